The van der Waals surface area contributed by atoms with Gasteiger partial charge in [-0.3, -0.25) is 4.79 Å². The van der Waals surface area contributed by atoms with Crippen molar-refractivity contribution in [3.8, 4) is 0 Å². The predicted octanol–water partition coefficient (Wildman–Crippen LogP) is 3.57. The van der Waals surface area contributed by atoms with E-state index >= 15 is 0 Å². The highest BCUT2D eigenvalue weighted by Gasteiger charge is 2.43. The smallest absolute Gasteiger partial charge is 0.253 e. The van der Waals surface area contributed by atoms with E-state index in [-0.39, 0.29) is 11.8 Å². The summed E-state index contributed by atoms with van der Waals surface area (Å²) < 4.78 is 0. The number of amides is 1. The molecule has 1 amide bonds. The number of hydrogen-bond donors (Lipinski definition) is 1. The third kappa shape index (κ3) is 3.18. The normalized spacial score (nSPS) is 28.3. The highest BCUT2D eigenvalue weighted by Crippen LogP contribution is 2.40. The summed E-state index contributed by atoms with van der Waals surface area (Å²) in [6.45, 7) is 3.51. The maximum Gasteiger partial charge on any atom is 0.253 e. The van der Waals surface area contributed by atoms with Gasteiger partial charge < -0.3 is 10.0 Å². The van der Waals surface area contributed by atoms with Crippen molar-refractivity contribution in [1.29, 1.82) is 0 Å². The second kappa shape index (κ2) is 6.63. The summed E-state index contributed by atoms with van der Waals surface area (Å²) in [5.41, 5.74) is 0.248. The molecule has 1 heterocycles. The average molecular weight is 319 g/mol. The minimum atomic E-state index is -0.517. The molecule has 2 unspecified atom stereocenters. The van der Waals surface area contributed by atoms with Crippen molar-refractivity contribution in [3.05, 3.63) is 29.8 Å². The minimum absolute atomic E-state index is 0.112. The van der Waals surface area contributed by atoms with Crippen molar-refractivity contribution in [2.75, 3.05) is 18.8 Å². The number of rotatable bonds is 3. The molecule has 0 bridgehead atoms. The summed E-state index contributed by atoms with van der Waals surface area (Å²) in [7, 11) is 0. The number of carbonyl (C=O) groups is 1. The van der Waals surface area contributed by atoms with E-state index in [0.29, 0.717) is 13.1 Å². The van der Waals surface area contributed by atoms with Crippen molar-refractivity contribution in [3.63, 3.8) is 0 Å². The molecule has 1 aromatic carbocycles. The number of aliphatic hydroxyl groups is 1. The molecule has 1 N–H and O–H groups in total. The predicted molar refractivity (Wildman–Crippen MR) is 90.3 cm³/mol. The van der Waals surface area contributed by atoms with E-state index < -0.39 is 5.60 Å². The first-order valence-electron chi connectivity index (χ1n) is 8.37. The molecule has 2 aliphatic rings. The number of likely N-dealkylation sites (tertiary alicyclic amines) is 1. The lowest BCUT2D eigenvalue weighted by Gasteiger charge is -2.47. The van der Waals surface area contributed by atoms with Gasteiger partial charge >= 0.3 is 0 Å². The summed E-state index contributed by atoms with van der Waals surface area (Å²) in [4.78, 5) is 15.8. The second-order valence-electron chi connectivity index (χ2n) is 6.50. The first-order valence-corrected chi connectivity index (χ1v) is 9.35. The summed E-state index contributed by atoms with van der Waals surface area (Å²) in [5.74, 6) is 1.41. The Morgan fingerprint density at radius 3 is 2.82 bits per heavy atom. The van der Waals surface area contributed by atoms with Gasteiger partial charge in [0.1, 0.15) is 0 Å². The van der Waals surface area contributed by atoms with Crippen LogP contribution in [-0.2, 0) is 0 Å². The number of hydrogen-bond acceptors (Lipinski definition) is 3. The zero-order valence-electron chi connectivity index (χ0n) is 13.3. The van der Waals surface area contributed by atoms with Crippen LogP contribution in [0, 0.1) is 5.92 Å². The molecule has 4 heteroatoms. The van der Waals surface area contributed by atoms with Crippen LogP contribution in [0.25, 0.3) is 0 Å². The van der Waals surface area contributed by atoms with Crippen molar-refractivity contribution in [2.24, 2.45) is 5.92 Å². The van der Waals surface area contributed by atoms with Gasteiger partial charge in [0.05, 0.1) is 5.60 Å². The van der Waals surface area contributed by atoms with E-state index in [1.807, 2.05) is 29.2 Å². The molecule has 0 radical (unpaired) electrons. The summed E-state index contributed by atoms with van der Waals surface area (Å²) >= 11 is 1.79. The van der Waals surface area contributed by atoms with Crippen LogP contribution < -0.4 is 0 Å². The van der Waals surface area contributed by atoms with Gasteiger partial charge in [0.25, 0.3) is 5.91 Å². The van der Waals surface area contributed by atoms with Crippen LogP contribution in [0.4, 0.5) is 0 Å². The third-order valence-corrected chi connectivity index (χ3v) is 6.02. The number of piperidine rings is 1. The topological polar surface area (TPSA) is 40.5 Å². The van der Waals surface area contributed by atoms with E-state index in [1.165, 1.54) is 11.3 Å². The Morgan fingerprint density at radius 1 is 1.32 bits per heavy atom. The lowest BCUT2D eigenvalue weighted by molar-refractivity contribution is -0.0886. The molecule has 2 fully saturated rings. The van der Waals surface area contributed by atoms with Gasteiger partial charge in [-0.1, -0.05) is 19.8 Å². The van der Waals surface area contributed by atoms with E-state index in [4.69, 9.17) is 0 Å². The zero-order valence-corrected chi connectivity index (χ0v) is 14.1. The Morgan fingerprint density at radius 2 is 2.09 bits per heavy atom. The molecule has 0 aromatic heterocycles. The molecule has 3 rings (SSSR count). The fourth-order valence-electron chi connectivity index (χ4n) is 3.80. The number of nitrogens with zero attached hydrogens (tertiary/aromatic N) is 1. The molecule has 22 heavy (non-hydrogen) atoms. The van der Waals surface area contributed by atoms with Crippen LogP contribution in [0.1, 0.15) is 49.4 Å². The van der Waals surface area contributed by atoms with Crippen molar-refractivity contribution in [2.45, 2.75) is 49.5 Å². The number of fused-ring (bicyclic) bond motifs is 1. The highest BCUT2D eigenvalue weighted by molar-refractivity contribution is 7.99. The largest absolute Gasteiger partial charge is 0.389 e. The van der Waals surface area contributed by atoms with E-state index in [1.54, 1.807) is 11.8 Å². The Labute approximate surface area is 137 Å². The molecule has 1 aromatic rings. The molecular weight excluding hydrogens is 294 g/mol. The lowest BCUT2D eigenvalue weighted by Crippen LogP contribution is -2.54. The maximum atomic E-state index is 12.7. The van der Waals surface area contributed by atoms with Crippen molar-refractivity contribution in [1.82, 2.24) is 4.90 Å². The van der Waals surface area contributed by atoms with E-state index in [0.717, 1.165) is 37.0 Å². The highest BCUT2D eigenvalue weighted by atomic mass is 32.2. The molecule has 120 valence electrons. The maximum absolute atomic E-state index is 12.7. The fraction of sp³-hybridized carbons (Fsp3) is 0.611. The second-order valence-corrected chi connectivity index (χ2v) is 7.84. The fourth-order valence-corrected chi connectivity index (χ4v) is 4.46. The van der Waals surface area contributed by atoms with Gasteiger partial charge in [-0.2, -0.15) is 0 Å². The molecule has 3 nitrogen and oxygen atoms in total. The van der Waals surface area contributed by atoms with Crippen LogP contribution in [-0.4, -0.2) is 40.4 Å². The minimum Gasteiger partial charge on any atom is -0.389 e. The van der Waals surface area contributed by atoms with Crippen LogP contribution in [0.5, 0.6) is 0 Å². The quantitative estimate of drug-likeness (QED) is 0.866. The van der Waals surface area contributed by atoms with Gasteiger partial charge in [0.2, 0.25) is 0 Å². The van der Waals surface area contributed by atoms with E-state index in [2.05, 4.69) is 6.92 Å². The van der Waals surface area contributed by atoms with Gasteiger partial charge in [0.15, 0.2) is 0 Å². The molecular formula is C18H25NO2S. The summed E-state index contributed by atoms with van der Waals surface area (Å²) in [6, 6.07) is 7.93. The molecule has 1 saturated heterocycles. The third-order valence-electron chi connectivity index (χ3n) is 5.13. The average Bonchev–Trinajstić information content (AvgIpc) is 2.54. The molecule has 2 atom stereocenters. The Kier molecular flexibility index (Phi) is 4.79. The molecule has 1 aliphatic carbocycles. The first-order chi connectivity index (χ1) is 10.6. The number of thioether (sulfide) groups is 1. The summed E-state index contributed by atoms with van der Waals surface area (Å²) in [5, 5.41) is 10.7. The standard InChI is InChI=1S/C18H25NO2S/c1-2-22-16-8-6-14(7-9-16)17(20)19-12-11-18(21)10-4-3-5-15(18)13-19/h6-9,15,21H,2-5,10-13H2,1H3. The van der Waals surface area contributed by atoms with Crippen molar-refractivity contribution >= 4 is 17.7 Å². The monoisotopic (exact) mass is 319 g/mol. The SMILES string of the molecule is CCSc1ccc(C(=O)N2CCC3(O)CCCCC3C2)cc1. The Bertz CT molecular complexity index is 530. The van der Waals surface area contributed by atoms with Crippen LogP contribution >= 0.6 is 11.8 Å². The zero-order chi connectivity index (χ0) is 15.6. The number of benzene rings is 1. The molecule has 0 spiro atoms. The van der Waals surface area contributed by atoms with Crippen LogP contribution in [0.3, 0.4) is 0 Å². The van der Waals surface area contributed by atoms with Gasteiger partial charge in [-0.15, -0.1) is 11.8 Å². The lowest BCUT2D eigenvalue weighted by atomic mass is 9.71. The molecule has 1 saturated carbocycles. The van der Waals surface area contributed by atoms with Gasteiger partial charge in [-0.05, 0) is 49.3 Å². The van der Waals surface area contributed by atoms with Gasteiger partial charge in [0, 0.05) is 29.5 Å². The number of carbonyl (C=O) groups excluding carboxylic acids is 1. The van der Waals surface area contributed by atoms with E-state index in [9.17, 15) is 9.90 Å². The Hall–Kier alpha value is -1.00. The van der Waals surface area contributed by atoms with Gasteiger partial charge in [-0.25, -0.2) is 0 Å². The van der Waals surface area contributed by atoms with Crippen LogP contribution in [0.2, 0.25) is 0 Å². The van der Waals surface area contributed by atoms with Crippen LogP contribution in [0.15, 0.2) is 29.2 Å². The molecule has 1 aliphatic heterocycles. The first kappa shape index (κ1) is 15.9. The summed E-state index contributed by atoms with van der Waals surface area (Å²) in [6.07, 6.45) is 4.98. The van der Waals surface area contributed by atoms with Crippen molar-refractivity contribution < 1.29 is 9.90 Å². The Balaban J connectivity index is 1.67.